The molecule has 0 amide bonds. The Labute approximate surface area is 202 Å². The number of aliphatic hydroxyl groups is 1. The summed E-state index contributed by atoms with van der Waals surface area (Å²) < 4.78 is 22.8. The number of fused-ring (bicyclic) bond motifs is 3. The minimum absolute atomic E-state index is 0.0493. The van der Waals surface area contributed by atoms with Crippen molar-refractivity contribution in [2.45, 2.75) is 52.2 Å². The molecule has 4 heterocycles. The number of anilines is 2. The standard InChI is InChI=1S/C24H31FN8O2/c1-13-6-15(10-31(9-13)19-11-32(29-14(19)2)12-24(3,4)34)21-28-22-16-7-17(25)20(35-5)8-18(16)27-23(26)33(22)30-21/h7-8,11,13,15,34H,6,9-10,12H2,1-5H3,(H2,26,27)/t13-,15+/m0/s1. The van der Waals surface area contributed by atoms with Gasteiger partial charge in [-0.3, -0.25) is 4.68 Å². The lowest BCUT2D eigenvalue weighted by Crippen LogP contribution is -2.39. The Morgan fingerprint density at radius 1 is 1.23 bits per heavy atom. The third kappa shape index (κ3) is 4.36. The molecule has 3 aromatic heterocycles. The number of ether oxygens (including phenoxy) is 1. The number of aryl methyl sites for hydroxylation is 1. The van der Waals surface area contributed by atoms with E-state index in [1.54, 1.807) is 18.5 Å². The highest BCUT2D eigenvalue weighted by Crippen LogP contribution is 2.34. The van der Waals surface area contributed by atoms with Crippen LogP contribution in [0.2, 0.25) is 0 Å². The van der Waals surface area contributed by atoms with E-state index < -0.39 is 11.4 Å². The van der Waals surface area contributed by atoms with Gasteiger partial charge in [0.15, 0.2) is 23.0 Å². The van der Waals surface area contributed by atoms with Crippen LogP contribution in [0.4, 0.5) is 16.0 Å². The third-order valence-electron chi connectivity index (χ3n) is 6.42. The Bertz CT molecular complexity index is 1410. The maximum absolute atomic E-state index is 14.5. The first-order chi connectivity index (χ1) is 16.5. The zero-order chi connectivity index (χ0) is 25.1. The predicted molar refractivity (Wildman–Crippen MR) is 131 cm³/mol. The second-order valence-electron chi connectivity index (χ2n) is 10.2. The summed E-state index contributed by atoms with van der Waals surface area (Å²) in [5.41, 5.74) is 8.26. The minimum Gasteiger partial charge on any atom is -0.494 e. The Morgan fingerprint density at radius 2 is 2.00 bits per heavy atom. The van der Waals surface area contributed by atoms with Crippen molar-refractivity contribution in [2.24, 2.45) is 5.92 Å². The van der Waals surface area contributed by atoms with E-state index in [0.29, 0.717) is 41.4 Å². The average Bonchev–Trinajstić information content (AvgIpc) is 3.37. The third-order valence-corrected chi connectivity index (χ3v) is 6.42. The number of nitrogens with two attached hydrogens (primary N) is 1. The fourth-order valence-corrected chi connectivity index (χ4v) is 5.01. The molecular formula is C24H31FN8O2. The number of halogens is 1. The van der Waals surface area contributed by atoms with Crippen molar-refractivity contribution in [3.8, 4) is 5.75 Å². The molecule has 0 bridgehead atoms. The van der Waals surface area contributed by atoms with Gasteiger partial charge in [0.25, 0.3) is 0 Å². The van der Waals surface area contributed by atoms with Crippen molar-refractivity contribution in [3.63, 3.8) is 0 Å². The van der Waals surface area contributed by atoms with Gasteiger partial charge in [-0.25, -0.2) is 14.4 Å². The van der Waals surface area contributed by atoms with Crippen LogP contribution in [0.3, 0.4) is 0 Å². The second-order valence-corrected chi connectivity index (χ2v) is 10.2. The Kier molecular flexibility index (Phi) is 5.54. The SMILES string of the molecule is COc1cc2nc(N)n3nc([C@@H]4C[C@H](C)CN(c5cn(CC(C)(C)O)nc5C)C4)nc3c2cc1F. The number of hydrogen-bond acceptors (Lipinski definition) is 8. The van der Waals surface area contributed by atoms with Crippen molar-refractivity contribution in [1.29, 1.82) is 0 Å². The number of nitrogens with zero attached hydrogens (tertiary/aromatic N) is 7. The average molecular weight is 483 g/mol. The Hall–Kier alpha value is -3.47. The summed E-state index contributed by atoms with van der Waals surface area (Å²) >= 11 is 0. The van der Waals surface area contributed by atoms with Crippen LogP contribution in [0.15, 0.2) is 18.3 Å². The first-order valence-corrected chi connectivity index (χ1v) is 11.7. The van der Waals surface area contributed by atoms with Gasteiger partial charge >= 0.3 is 0 Å². The Balaban J connectivity index is 1.50. The normalized spacial score (nSPS) is 19.1. The summed E-state index contributed by atoms with van der Waals surface area (Å²) in [6.07, 6.45) is 2.91. The highest BCUT2D eigenvalue weighted by Gasteiger charge is 2.31. The van der Waals surface area contributed by atoms with Crippen molar-refractivity contribution >= 4 is 28.2 Å². The van der Waals surface area contributed by atoms with E-state index in [2.05, 4.69) is 27.0 Å². The number of rotatable bonds is 5. The molecule has 0 aliphatic carbocycles. The molecule has 0 saturated carbocycles. The lowest BCUT2D eigenvalue weighted by Gasteiger charge is -2.36. The van der Waals surface area contributed by atoms with Gasteiger partial charge in [0, 0.05) is 36.7 Å². The number of aromatic nitrogens is 6. The first kappa shape index (κ1) is 23.3. The smallest absolute Gasteiger partial charge is 0.223 e. The van der Waals surface area contributed by atoms with E-state index in [-0.39, 0.29) is 17.6 Å². The minimum atomic E-state index is -0.853. The predicted octanol–water partition coefficient (Wildman–Crippen LogP) is 2.91. The van der Waals surface area contributed by atoms with Crippen LogP contribution < -0.4 is 15.4 Å². The summed E-state index contributed by atoms with van der Waals surface area (Å²) in [7, 11) is 1.41. The van der Waals surface area contributed by atoms with Crippen LogP contribution >= 0.6 is 0 Å². The molecule has 5 rings (SSSR count). The van der Waals surface area contributed by atoms with Gasteiger partial charge in [-0.05, 0) is 39.2 Å². The molecule has 11 heteroatoms. The molecule has 1 fully saturated rings. The van der Waals surface area contributed by atoms with Gasteiger partial charge in [0.1, 0.15) is 0 Å². The highest BCUT2D eigenvalue weighted by atomic mass is 19.1. The molecule has 10 nitrogen and oxygen atoms in total. The molecule has 1 aromatic carbocycles. The van der Waals surface area contributed by atoms with Gasteiger partial charge in [0.2, 0.25) is 5.95 Å². The van der Waals surface area contributed by atoms with Crippen molar-refractivity contribution in [1.82, 2.24) is 29.4 Å². The molecule has 186 valence electrons. The number of piperidine rings is 1. The van der Waals surface area contributed by atoms with Crippen molar-refractivity contribution < 1.29 is 14.2 Å². The summed E-state index contributed by atoms with van der Waals surface area (Å²) in [6.45, 7) is 9.73. The van der Waals surface area contributed by atoms with Crippen LogP contribution in [0.1, 0.15) is 44.6 Å². The monoisotopic (exact) mass is 482 g/mol. The number of methoxy groups -OCH3 is 1. The molecule has 0 spiro atoms. The van der Waals surface area contributed by atoms with E-state index >= 15 is 0 Å². The highest BCUT2D eigenvalue weighted by molar-refractivity contribution is 5.93. The summed E-state index contributed by atoms with van der Waals surface area (Å²) in [5, 5.41) is 20.0. The van der Waals surface area contributed by atoms with Gasteiger partial charge in [-0.1, -0.05) is 6.92 Å². The first-order valence-electron chi connectivity index (χ1n) is 11.7. The van der Waals surface area contributed by atoms with E-state index in [4.69, 9.17) is 15.5 Å². The van der Waals surface area contributed by atoms with Crippen molar-refractivity contribution in [3.05, 3.63) is 35.7 Å². The van der Waals surface area contributed by atoms with E-state index in [1.165, 1.54) is 23.8 Å². The molecule has 1 aliphatic rings. The molecule has 3 N–H and O–H groups in total. The number of nitrogen functional groups attached to an aromatic ring is 1. The van der Waals surface area contributed by atoms with Crippen molar-refractivity contribution in [2.75, 3.05) is 30.8 Å². The quantitative estimate of drug-likeness (QED) is 0.446. The van der Waals surface area contributed by atoms with Crippen LogP contribution in [0.25, 0.3) is 16.6 Å². The summed E-state index contributed by atoms with van der Waals surface area (Å²) in [6, 6.07) is 2.89. The van der Waals surface area contributed by atoms with Gasteiger partial charge in [0.05, 0.1) is 36.2 Å². The van der Waals surface area contributed by atoms with Crippen LogP contribution in [0.5, 0.6) is 5.75 Å². The van der Waals surface area contributed by atoms with E-state index in [1.807, 2.05) is 13.1 Å². The van der Waals surface area contributed by atoms with E-state index in [0.717, 1.165) is 24.3 Å². The number of benzene rings is 1. The topological polar surface area (TPSA) is 120 Å². The van der Waals surface area contributed by atoms with Crippen LogP contribution in [0, 0.1) is 18.7 Å². The fourth-order valence-electron chi connectivity index (χ4n) is 5.01. The van der Waals surface area contributed by atoms with Gasteiger partial charge in [-0.15, -0.1) is 5.10 Å². The largest absolute Gasteiger partial charge is 0.494 e. The maximum Gasteiger partial charge on any atom is 0.223 e. The molecular weight excluding hydrogens is 451 g/mol. The Morgan fingerprint density at radius 3 is 2.71 bits per heavy atom. The van der Waals surface area contributed by atoms with Gasteiger partial charge < -0.3 is 20.5 Å². The lowest BCUT2D eigenvalue weighted by atomic mass is 9.89. The lowest BCUT2D eigenvalue weighted by molar-refractivity contribution is 0.0577. The molecule has 2 atom stereocenters. The maximum atomic E-state index is 14.5. The van der Waals surface area contributed by atoms with Gasteiger partial charge in [-0.2, -0.15) is 9.61 Å². The molecule has 1 saturated heterocycles. The summed E-state index contributed by atoms with van der Waals surface area (Å²) in [4.78, 5) is 11.5. The summed E-state index contributed by atoms with van der Waals surface area (Å²) in [5.74, 6) is 0.893. The second kappa shape index (κ2) is 8.33. The van der Waals surface area contributed by atoms with Crippen LogP contribution in [-0.4, -0.2) is 60.3 Å². The number of hydrogen-bond donors (Lipinski definition) is 2. The van der Waals surface area contributed by atoms with E-state index in [9.17, 15) is 9.50 Å². The zero-order valence-corrected chi connectivity index (χ0v) is 20.7. The molecule has 0 unspecified atom stereocenters. The molecule has 0 radical (unpaired) electrons. The fraction of sp³-hybridized carbons (Fsp3) is 0.500. The molecule has 4 aromatic rings. The van der Waals surface area contributed by atoms with Crippen LogP contribution in [-0.2, 0) is 6.54 Å². The molecule has 1 aliphatic heterocycles. The zero-order valence-electron chi connectivity index (χ0n) is 20.7. The molecule has 35 heavy (non-hydrogen) atoms.